The van der Waals surface area contributed by atoms with Gasteiger partial charge in [0.15, 0.2) is 0 Å². The van der Waals surface area contributed by atoms with E-state index in [0.717, 1.165) is 6.20 Å². The van der Waals surface area contributed by atoms with Crippen molar-refractivity contribution in [2.75, 3.05) is 18.9 Å². The summed E-state index contributed by atoms with van der Waals surface area (Å²) in [4.78, 5) is 6.48. The average Bonchev–Trinajstić information content (AvgIpc) is 2.07. The van der Waals surface area contributed by atoms with Gasteiger partial charge in [0.05, 0.1) is 12.8 Å². The number of nitrogens with two attached hydrogens (primary N) is 1. The smallest absolute Gasteiger partial charge is 0.311 e. The molecule has 0 fully saturated rings. The molecule has 0 bridgehead atoms. The number of nitrogen functional groups attached to an aromatic ring is 1. The van der Waals surface area contributed by atoms with Gasteiger partial charge in [-0.2, -0.15) is 9.37 Å². The van der Waals surface area contributed by atoms with Crippen molar-refractivity contribution in [3.8, 4) is 5.88 Å². The first-order chi connectivity index (χ1) is 5.74. The van der Waals surface area contributed by atoms with Gasteiger partial charge in [0.25, 0.3) is 0 Å². The molecular weight excluding hydrogens is 165 g/mol. The Morgan fingerprint density at radius 3 is 3.08 bits per heavy atom. The van der Waals surface area contributed by atoms with Gasteiger partial charge < -0.3 is 15.6 Å². The zero-order valence-corrected chi connectivity index (χ0v) is 6.20. The first-order valence-corrected chi connectivity index (χ1v) is 3.25. The molecule has 6 heteroatoms. The standard InChI is InChI=1S/C6H8FN3O2/c7-6-9-3-4(8)5(10-6)12-2-1-11/h3,11H,1-2,8H2. The van der Waals surface area contributed by atoms with Gasteiger partial charge in [0, 0.05) is 0 Å². The Labute approximate surface area is 68.0 Å². The van der Waals surface area contributed by atoms with Crippen LogP contribution in [0, 0.1) is 6.08 Å². The number of hydrogen-bond donors (Lipinski definition) is 2. The minimum absolute atomic E-state index is 0.0284. The van der Waals surface area contributed by atoms with E-state index in [1.165, 1.54) is 0 Å². The van der Waals surface area contributed by atoms with Crippen LogP contribution in [0.3, 0.4) is 0 Å². The quantitative estimate of drug-likeness (QED) is 0.606. The lowest BCUT2D eigenvalue weighted by Crippen LogP contribution is -2.07. The van der Waals surface area contributed by atoms with E-state index in [4.69, 9.17) is 15.6 Å². The minimum Gasteiger partial charge on any atom is -0.474 e. The number of aliphatic hydroxyl groups excluding tert-OH is 1. The number of halogens is 1. The van der Waals surface area contributed by atoms with Crippen LogP contribution in [0.25, 0.3) is 0 Å². The molecule has 0 atom stereocenters. The van der Waals surface area contributed by atoms with Crippen LogP contribution in [0.2, 0.25) is 0 Å². The molecule has 0 amide bonds. The van der Waals surface area contributed by atoms with Crippen LogP contribution in [0.1, 0.15) is 0 Å². The van der Waals surface area contributed by atoms with Crippen LogP contribution in [-0.4, -0.2) is 28.3 Å². The first kappa shape index (κ1) is 8.66. The van der Waals surface area contributed by atoms with Crippen LogP contribution in [0.4, 0.5) is 10.1 Å². The molecule has 0 aliphatic carbocycles. The van der Waals surface area contributed by atoms with Gasteiger partial charge in [-0.1, -0.05) is 0 Å². The van der Waals surface area contributed by atoms with Crippen molar-refractivity contribution in [1.82, 2.24) is 9.97 Å². The van der Waals surface area contributed by atoms with Crippen molar-refractivity contribution in [2.45, 2.75) is 0 Å². The Kier molecular flexibility index (Phi) is 2.76. The van der Waals surface area contributed by atoms with Gasteiger partial charge in [-0.3, -0.25) is 0 Å². The predicted octanol–water partition coefficient (Wildman–Crippen LogP) is -0.431. The minimum atomic E-state index is -0.905. The lowest BCUT2D eigenvalue weighted by atomic mass is 10.5. The van der Waals surface area contributed by atoms with E-state index in [2.05, 4.69) is 9.97 Å². The van der Waals surface area contributed by atoms with E-state index in [9.17, 15) is 4.39 Å². The van der Waals surface area contributed by atoms with Crippen molar-refractivity contribution in [1.29, 1.82) is 0 Å². The van der Waals surface area contributed by atoms with E-state index in [0.29, 0.717) is 0 Å². The summed E-state index contributed by atoms with van der Waals surface area (Å²) in [6, 6.07) is 0. The third kappa shape index (κ3) is 2.03. The predicted molar refractivity (Wildman–Crippen MR) is 39.0 cm³/mol. The highest BCUT2D eigenvalue weighted by molar-refractivity contribution is 5.44. The number of hydrogen-bond acceptors (Lipinski definition) is 5. The van der Waals surface area contributed by atoms with E-state index >= 15 is 0 Å². The molecule has 12 heavy (non-hydrogen) atoms. The van der Waals surface area contributed by atoms with Crippen LogP contribution in [-0.2, 0) is 0 Å². The largest absolute Gasteiger partial charge is 0.474 e. The third-order valence-corrected chi connectivity index (χ3v) is 1.08. The molecule has 1 heterocycles. The van der Waals surface area contributed by atoms with E-state index in [1.54, 1.807) is 0 Å². The number of rotatable bonds is 3. The molecule has 0 unspecified atom stereocenters. The van der Waals surface area contributed by atoms with Crippen LogP contribution in [0.15, 0.2) is 6.20 Å². The summed E-state index contributed by atoms with van der Waals surface area (Å²) < 4.78 is 17.2. The van der Waals surface area contributed by atoms with Gasteiger partial charge >= 0.3 is 6.08 Å². The van der Waals surface area contributed by atoms with Crippen molar-refractivity contribution >= 4 is 5.69 Å². The molecule has 0 aliphatic rings. The van der Waals surface area contributed by atoms with Gasteiger partial charge in [0.1, 0.15) is 12.3 Å². The number of aliphatic hydroxyl groups is 1. The van der Waals surface area contributed by atoms with Gasteiger partial charge in [-0.05, 0) is 0 Å². The summed E-state index contributed by atoms with van der Waals surface area (Å²) in [5.41, 5.74) is 5.48. The molecule has 0 radical (unpaired) electrons. The summed E-state index contributed by atoms with van der Waals surface area (Å²) in [5, 5.41) is 8.38. The Hall–Kier alpha value is -1.43. The lowest BCUT2D eigenvalue weighted by molar-refractivity contribution is 0.195. The summed E-state index contributed by atoms with van der Waals surface area (Å²) in [7, 11) is 0. The van der Waals surface area contributed by atoms with E-state index in [-0.39, 0.29) is 24.8 Å². The molecule has 0 aliphatic heterocycles. The molecule has 1 aromatic rings. The Morgan fingerprint density at radius 1 is 1.67 bits per heavy atom. The van der Waals surface area contributed by atoms with Crippen molar-refractivity contribution in [2.24, 2.45) is 0 Å². The van der Waals surface area contributed by atoms with Crippen molar-refractivity contribution in [3.63, 3.8) is 0 Å². The third-order valence-electron chi connectivity index (χ3n) is 1.08. The molecule has 0 aromatic carbocycles. The highest BCUT2D eigenvalue weighted by Gasteiger charge is 2.03. The molecule has 3 N–H and O–H groups in total. The van der Waals surface area contributed by atoms with Gasteiger partial charge in [-0.25, -0.2) is 4.98 Å². The summed E-state index contributed by atoms with van der Waals surface area (Å²) in [6.45, 7) is -0.147. The van der Waals surface area contributed by atoms with Crippen LogP contribution >= 0.6 is 0 Å². The molecule has 0 spiro atoms. The maximum atomic E-state index is 12.4. The number of nitrogens with zero attached hydrogens (tertiary/aromatic N) is 2. The average molecular weight is 173 g/mol. The maximum absolute atomic E-state index is 12.4. The van der Waals surface area contributed by atoms with Crippen molar-refractivity contribution in [3.05, 3.63) is 12.3 Å². The van der Waals surface area contributed by atoms with Gasteiger partial charge in [0.2, 0.25) is 5.88 Å². The first-order valence-electron chi connectivity index (χ1n) is 3.25. The fourth-order valence-corrected chi connectivity index (χ4v) is 0.613. The molecular formula is C6H8FN3O2. The van der Waals surface area contributed by atoms with E-state index < -0.39 is 6.08 Å². The Bertz CT molecular complexity index is 269. The molecule has 0 saturated heterocycles. The Morgan fingerprint density at radius 2 is 2.42 bits per heavy atom. The summed E-state index contributed by atoms with van der Waals surface area (Å²) >= 11 is 0. The normalized spacial score (nSPS) is 9.83. The van der Waals surface area contributed by atoms with E-state index in [1.807, 2.05) is 0 Å². The SMILES string of the molecule is Nc1cnc(F)nc1OCCO. The highest BCUT2D eigenvalue weighted by Crippen LogP contribution is 2.15. The van der Waals surface area contributed by atoms with Gasteiger partial charge in [-0.15, -0.1) is 0 Å². The van der Waals surface area contributed by atoms with Crippen LogP contribution in [0.5, 0.6) is 5.88 Å². The maximum Gasteiger partial charge on any atom is 0.311 e. The summed E-state index contributed by atoms with van der Waals surface area (Å²) in [5.74, 6) is -0.0449. The van der Waals surface area contributed by atoms with Crippen LogP contribution < -0.4 is 10.5 Å². The zero-order valence-electron chi connectivity index (χ0n) is 6.20. The second kappa shape index (κ2) is 3.82. The zero-order chi connectivity index (χ0) is 8.97. The number of anilines is 1. The molecule has 5 nitrogen and oxygen atoms in total. The second-order valence-corrected chi connectivity index (χ2v) is 1.97. The number of aromatic nitrogens is 2. The fourth-order valence-electron chi connectivity index (χ4n) is 0.613. The molecule has 0 saturated carbocycles. The fraction of sp³-hybridized carbons (Fsp3) is 0.333. The molecule has 1 rings (SSSR count). The molecule has 1 aromatic heterocycles. The highest BCUT2D eigenvalue weighted by atomic mass is 19.1. The number of ether oxygens (including phenoxy) is 1. The lowest BCUT2D eigenvalue weighted by Gasteiger charge is -2.04. The van der Waals surface area contributed by atoms with Crippen molar-refractivity contribution < 1.29 is 14.2 Å². The molecule has 66 valence electrons. The monoisotopic (exact) mass is 173 g/mol. The summed E-state index contributed by atoms with van der Waals surface area (Å²) in [6.07, 6.45) is 0.201. The Balaban J connectivity index is 2.75. The topological polar surface area (TPSA) is 81.3 Å². The second-order valence-electron chi connectivity index (χ2n) is 1.97.